The first-order chi connectivity index (χ1) is 6.58. The van der Waals surface area contributed by atoms with Gasteiger partial charge in [-0.3, -0.25) is 9.59 Å². The molecule has 0 saturated heterocycles. The van der Waals surface area contributed by atoms with E-state index in [4.69, 9.17) is 11.6 Å². The molecular formula is C9H9ClN2O2. The number of benzene rings is 1. The second-order valence-electron chi connectivity index (χ2n) is 2.66. The molecule has 0 spiro atoms. The minimum absolute atomic E-state index is 0.140. The number of rotatable bonds is 2. The summed E-state index contributed by atoms with van der Waals surface area (Å²) in [5.41, 5.74) is 1.25. The Morgan fingerprint density at radius 2 is 1.50 bits per heavy atom. The number of hydrogen-bond acceptors (Lipinski definition) is 2. The highest BCUT2D eigenvalue weighted by molar-refractivity contribution is 6.65. The van der Waals surface area contributed by atoms with E-state index >= 15 is 0 Å². The van der Waals surface area contributed by atoms with Crippen LogP contribution in [0.15, 0.2) is 24.3 Å². The quantitative estimate of drug-likeness (QED) is 0.584. The number of hydrogen-bond donors (Lipinski definition) is 2. The third kappa shape index (κ3) is 3.45. The van der Waals surface area contributed by atoms with Crippen LogP contribution in [0.2, 0.25) is 0 Å². The highest BCUT2D eigenvalue weighted by Crippen LogP contribution is 2.13. The number of nitrogens with one attached hydrogen (secondary N) is 2. The van der Waals surface area contributed by atoms with Gasteiger partial charge in [0.1, 0.15) is 0 Å². The van der Waals surface area contributed by atoms with E-state index in [2.05, 4.69) is 10.6 Å². The number of carbonyl (C=O) groups excluding carboxylic acids is 2. The fourth-order valence-corrected chi connectivity index (χ4v) is 1.06. The molecule has 1 aromatic carbocycles. The van der Waals surface area contributed by atoms with E-state index in [1.54, 1.807) is 24.3 Å². The van der Waals surface area contributed by atoms with Crippen LogP contribution in [0.4, 0.5) is 16.2 Å². The van der Waals surface area contributed by atoms with Crippen LogP contribution in [0.3, 0.4) is 0 Å². The molecule has 1 rings (SSSR count). The fraction of sp³-hybridized carbons (Fsp3) is 0.111. The second kappa shape index (κ2) is 4.62. The van der Waals surface area contributed by atoms with Crippen LogP contribution in [0.1, 0.15) is 6.92 Å². The molecule has 0 unspecified atom stereocenters. The largest absolute Gasteiger partial charge is 0.326 e. The molecule has 0 aromatic heterocycles. The molecule has 1 aromatic rings. The SMILES string of the molecule is CC(=O)Nc1ccc(NC(=O)Cl)cc1. The Morgan fingerprint density at radius 3 is 1.86 bits per heavy atom. The van der Waals surface area contributed by atoms with Gasteiger partial charge in [0.25, 0.3) is 0 Å². The lowest BCUT2D eigenvalue weighted by Crippen LogP contribution is -2.06. The lowest BCUT2D eigenvalue weighted by Gasteiger charge is -2.03. The van der Waals surface area contributed by atoms with Crippen LogP contribution in [-0.4, -0.2) is 11.3 Å². The highest BCUT2D eigenvalue weighted by Gasteiger charge is 1.98. The molecule has 0 aliphatic rings. The maximum atomic E-state index is 10.7. The predicted octanol–water partition coefficient (Wildman–Crippen LogP) is 2.42. The molecule has 2 N–H and O–H groups in total. The molecule has 0 aliphatic heterocycles. The smallest absolute Gasteiger partial charge is 0.318 e. The zero-order valence-electron chi connectivity index (χ0n) is 7.50. The monoisotopic (exact) mass is 212 g/mol. The van der Waals surface area contributed by atoms with E-state index in [0.29, 0.717) is 11.4 Å². The van der Waals surface area contributed by atoms with Gasteiger partial charge in [-0.1, -0.05) is 0 Å². The first-order valence-corrected chi connectivity index (χ1v) is 4.30. The average molecular weight is 213 g/mol. The Labute approximate surface area is 86.3 Å². The summed E-state index contributed by atoms with van der Waals surface area (Å²) in [6, 6.07) is 6.63. The summed E-state index contributed by atoms with van der Waals surface area (Å²) in [7, 11) is 0. The van der Waals surface area contributed by atoms with Gasteiger partial charge in [-0.25, -0.2) is 0 Å². The maximum Gasteiger partial charge on any atom is 0.318 e. The number of amides is 2. The standard InChI is InChI=1S/C9H9ClN2O2/c1-6(13)11-7-2-4-8(5-3-7)12-9(10)14/h2-5H,1H3,(H,11,13)(H,12,14). The minimum atomic E-state index is -0.641. The molecule has 74 valence electrons. The van der Waals surface area contributed by atoms with Crippen LogP contribution in [0.5, 0.6) is 0 Å². The number of anilines is 2. The molecule has 0 fully saturated rings. The second-order valence-corrected chi connectivity index (χ2v) is 3.00. The molecule has 0 aliphatic carbocycles. The van der Waals surface area contributed by atoms with E-state index in [-0.39, 0.29) is 5.91 Å². The van der Waals surface area contributed by atoms with Gasteiger partial charge in [0.15, 0.2) is 0 Å². The first kappa shape index (κ1) is 10.5. The van der Waals surface area contributed by atoms with Crippen molar-refractivity contribution in [3.05, 3.63) is 24.3 Å². The summed E-state index contributed by atoms with van der Waals surface area (Å²) in [6.45, 7) is 1.43. The molecule has 0 bridgehead atoms. The van der Waals surface area contributed by atoms with Crippen molar-refractivity contribution in [1.82, 2.24) is 0 Å². The summed E-state index contributed by atoms with van der Waals surface area (Å²) >= 11 is 5.12. The van der Waals surface area contributed by atoms with Gasteiger partial charge in [-0.05, 0) is 35.9 Å². The Balaban J connectivity index is 2.68. The van der Waals surface area contributed by atoms with Crippen LogP contribution >= 0.6 is 11.6 Å². The Hall–Kier alpha value is -1.55. The fourth-order valence-electron chi connectivity index (χ4n) is 0.954. The molecule has 2 amide bonds. The summed E-state index contributed by atoms with van der Waals surface area (Å²) in [4.78, 5) is 21.1. The van der Waals surface area contributed by atoms with Crippen molar-refractivity contribution in [2.24, 2.45) is 0 Å². The van der Waals surface area contributed by atoms with Crippen LogP contribution in [0.25, 0.3) is 0 Å². The van der Waals surface area contributed by atoms with Crippen molar-refractivity contribution in [2.75, 3.05) is 10.6 Å². The van der Waals surface area contributed by atoms with Crippen molar-refractivity contribution >= 4 is 34.2 Å². The molecule has 0 saturated carbocycles. The van der Waals surface area contributed by atoms with Crippen LogP contribution in [-0.2, 0) is 4.79 Å². The third-order valence-electron chi connectivity index (χ3n) is 1.45. The Morgan fingerprint density at radius 1 is 1.07 bits per heavy atom. The van der Waals surface area contributed by atoms with E-state index in [0.717, 1.165) is 0 Å². The van der Waals surface area contributed by atoms with E-state index in [9.17, 15) is 9.59 Å². The minimum Gasteiger partial charge on any atom is -0.326 e. The molecule has 0 heterocycles. The first-order valence-electron chi connectivity index (χ1n) is 3.92. The van der Waals surface area contributed by atoms with Crippen molar-refractivity contribution < 1.29 is 9.59 Å². The van der Waals surface area contributed by atoms with Gasteiger partial charge in [-0.15, -0.1) is 0 Å². The lowest BCUT2D eigenvalue weighted by molar-refractivity contribution is -0.114. The van der Waals surface area contributed by atoms with Gasteiger partial charge in [-0.2, -0.15) is 0 Å². The summed E-state index contributed by atoms with van der Waals surface area (Å²) in [5.74, 6) is -0.140. The van der Waals surface area contributed by atoms with Crippen molar-refractivity contribution in [2.45, 2.75) is 6.92 Å². The molecule has 0 radical (unpaired) electrons. The topological polar surface area (TPSA) is 58.2 Å². The number of carbonyl (C=O) groups is 2. The van der Waals surface area contributed by atoms with Crippen LogP contribution < -0.4 is 10.6 Å². The van der Waals surface area contributed by atoms with Crippen molar-refractivity contribution in [1.29, 1.82) is 0 Å². The van der Waals surface area contributed by atoms with Gasteiger partial charge in [0.2, 0.25) is 5.91 Å². The zero-order chi connectivity index (χ0) is 10.6. The normalized spacial score (nSPS) is 9.29. The summed E-state index contributed by atoms with van der Waals surface area (Å²) in [5, 5.41) is 4.36. The van der Waals surface area contributed by atoms with E-state index in [1.807, 2.05) is 0 Å². The maximum absolute atomic E-state index is 10.7. The van der Waals surface area contributed by atoms with E-state index in [1.165, 1.54) is 6.92 Å². The lowest BCUT2D eigenvalue weighted by atomic mass is 10.3. The molecule has 4 nitrogen and oxygen atoms in total. The zero-order valence-corrected chi connectivity index (χ0v) is 8.26. The van der Waals surface area contributed by atoms with Crippen LogP contribution in [0, 0.1) is 0 Å². The highest BCUT2D eigenvalue weighted by atomic mass is 35.5. The molecule has 5 heteroatoms. The van der Waals surface area contributed by atoms with Crippen molar-refractivity contribution in [3.63, 3.8) is 0 Å². The van der Waals surface area contributed by atoms with Gasteiger partial charge in [0.05, 0.1) is 0 Å². The summed E-state index contributed by atoms with van der Waals surface area (Å²) in [6.07, 6.45) is 0. The predicted molar refractivity (Wildman–Crippen MR) is 55.6 cm³/mol. The van der Waals surface area contributed by atoms with Crippen molar-refractivity contribution in [3.8, 4) is 0 Å². The van der Waals surface area contributed by atoms with Gasteiger partial charge in [0, 0.05) is 18.3 Å². The number of halogens is 1. The molecular weight excluding hydrogens is 204 g/mol. The average Bonchev–Trinajstić information content (AvgIpc) is 2.06. The molecule has 0 atom stereocenters. The van der Waals surface area contributed by atoms with Gasteiger partial charge < -0.3 is 10.6 Å². The Kier molecular flexibility index (Phi) is 3.48. The molecule has 14 heavy (non-hydrogen) atoms. The summed E-state index contributed by atoms with van der Waals surface area (Å²) < 4.78 is 0. The Bertz CT molecular complexity index is 313. The third-order valence-corrected chi connectivity index (χ3v) is 1.54. The van der Waals surface area contributed by atoms with Gasteiger partial charge >= 0.3 is 5.37 Å². The van der Waals surface area contributed by atoms with E-state index < -0.39 is 5.37 Å².